The van der Waals surface area contributed by atoms with Crippen LogP contribution in [0.3, 0.4) is 0 Å². The molecule has 0 aromatic heterocycles. The summed E-state index contributed by atoms with van der Waals surface area (Å²) in [6.45, 7) is 6.33. The Balaban J connectivity index is 1.49. The van der Waals surface area contributed by atoms with Gasteiger partial charge in [0.1, 0.15) is 0 Å². The lowest BCUT2D eigenvalue weighted by Crippen LogP contribution is -2.50. The number of hydrogen-bond donors (Lipinski definition) is 1. The average Bonchev–Trinajstić information content (AvgIpc) is 2.57. The molecule has 0 atom stereocenters. The Hall–Kier alpha value is -0.950. The van der Waals surface area contributed by atoms with Crippen molar-refractivity contribution in [1.82, 2.24) is 14.5 Å². The van der Waals surface area contributed by atoms with Crippen LogP contribution in [-0.4, -0.2) is 63.4 Å². The second-order valence-electron chi connectivity index (χ2n) is 6.63. The van der Waals surface area contributed by atoms with E-state index < -0.39 is 10.0 Å². The van der Waals surface area contributed by atoms with E-state index in [1.165, 1.54) is 12.8 Å². The summed E-state index contributed by atoms with van der Waals surface area (Å²) in [4.78, 5) is 2.44. The van der Waals surface area contributed by atoms with E-state index >= 15 is 0 Å². The van der Waals surface area contributed by atoms with E-state index in [0.29, 0.717) is 13.1 Å². The van der Waals surface area contributed by atoms with Gasteiger partial charge in [0.15, 0.2) is 0 Å². The highest BCUT2D eigenvalue weighted by Gasteiger charge is 2.28. The zero-order chi connectivity index (χ0) is 16.1. The predicted molar refractivity (Wildman–Crippen MR) is 92.7 cm³/mol. The topological polar surface area (TPSA) is 52.7 Å². The van der Waals surface area contributed by atoms with Crippen LogP contribution in [-0.2, 0) is 15.8 Å². The van der Waals surface area contributed by atoms with Gasteiger partial charge in [-0.2, -0.15) is 4.31 Å². The second kappa shape index (κ2) is 7.75. The largest absolute Gasteiger partial charge is 0.317 e. The summed E-state index contributed by atoms with van der Waals surface area (Å²) in [5.41, 5.74) is 0.865. The molecular weight excluding hydrogens is 310 g/mol. The first-order valence-electron chi connectivity index (χ1n) is 8.58. The Kier molecular flexibility index (Phi) is 5.69. The van der Waals surface area contributed by atoms with E-state index in [2.05, 4.69) is 10.2 Å². The van der Waals surface area contributed by atoms with Gasteiger partial charge in [-0.15, -0.1) is 0 Å². The lowest BCUT2D eigenvalue weighted by atomic mass is 9.97. The normalized spacial score (nSPS) is 22.3. The molecule has 2 aliphatic heterocycles. The Labute approximate surface area is 139 Å². The molecule has 128 valence electrons. The zero-order valence-corrected chi connectivity index (χ0v) is 14.5. The lowest BCUT2D eigenvalue weighted by molar-refractivity contribution is 0.152. The third-order valence-electron chi connectivity index (χ3n) is 4.89. The zero-order valence-electron chi connectivity index (χ0n) is 13.7. The summed E-state index contributed by atoms with van der Waals surface area (Å²) in [6.07, 6.45) is 2.49. The standard InChI is InChI=1S/C17H27N3O2S/c21-23(22,15-17-4-2-1-3-5-17)20-12-10-19(11-13-20)14-16-6-8-18-9-7-16/h1-5,16,18H,6-15H2. The number of nitrogens with one attached hydrogen (secondary N) is 1. The van der Waals surface area contributed by atoms with Crippen LogP contribution >= 0.6 is 0 Å². The molecule has 0 saturated carbocycles. The molecule has 1 N–H and O–H groups in total. The van der Waals surface area contributed by atoms with Crippen LogP contribution in [0, 0.1) is 5.92 Å². The lowest BCUT2D eigenvalue weighted by Gasteiger charge is -2.36. The van der Waals surface area contributed by atoms with E-state index in [0.717, 1.165) is 44.2 Å². The van der Waals surface area contributed by atoms with Gasteiger partial charge in [0.25, 0.3) is 0 Å². The molecule has 2 saturated heterocycles. The highest BCUT2D eigenvalue weighted by molar-refractivity contribution is 7.88. The van der Waals surface area contributed by atoms with Gasteiger partial charge >= 0.3 is 0 Å². The minimum Gasteiger partial charge on any atom is -0.317 e. The highest BCUT2D eigenvalue weighted by atomic mass is 32.2. The quantitative estimate of drug-likeness (QED) is 0.875. The Morgan fingerprint density at radius 1 is 1.00 bits per heavy atom. The van der Waals surface area contributed by atoms with E-state index in [4.69, 9.17) is 0 Å². The van der Waals surface area contributed by atoms with Crippen molar-refractivity contribution in [3.05, 3.63) is 35.9 Å². The van der Waals surface area contributed by atoms with Crippen molar-refractivity contribution in [1.29, 1.82) is 0 Å². The molecule has 3 rings (SSSR count). The molecule has 0 bridgehead atoms. The van der Waals surface area contributed by atoms with Gasteiger partial charge in [0.05, 0.1) is 5.75 Å². The fraction of sp³-hybridized carbons (Fsp3) is 0.647. The van der Waals surface area contributed by atoms with Gasteiger partial charge in [0.2, 0.25) is 10.0 Å². The summed E-state index contributed by atoms with van der Waals surface area (Å²) in [5, 5.41) is 3.40. The van der Waals surface area contributed by atoms with Gasteiger partial charge in [-0.3, -0.25) is 0 Å². The molecule has 0 radical (unpaired) electrons. The first kappa shape index (κ1) is 16.9. The monoisotopic (exact) mass is 337 g/mol. The van der Waals surface area contributed by atoms with E-state index in [1.807, 2.05) is 30.3 Å². The van der Waals surface area contributed by atoms with Crippen LogP contribution in [0.25, 0.3) is 0 Å². The molecule has 0 aliphatic carbocycles. The third kappa shape index (κ3) is 4.76. The molecule has 0 spiro atoms. The number of piperazine rings is 1. The van der Waals surface area contributed by atoms with Crippen LogP contribution in [0.15, 0.2) is 30.3 Å². The number of piperidine rings is 1. The summed E-state index contributed by atoms with van der Waals surface area (Å²) >= 11 is 0. The number of sulfonamides is 1. The summed E-state index contributed by atoms with van der Waals surface area (Å²) in [5.74, 6) is 0.881. The molecule has 2 fully saturated rings. The molecule has 0 unspecified atom stereocenters. The number of rotatable bonds is 5. The van der Waals surface area contributed by atoms with E-state index in [9.17, 15) is 8.42 Å². The van der Waals surface area contributed by atoms with Crippen LogP contribution in [0.4, 0.5) is 0 Å². The maximum Gasteiger partial charge on any atom is 0.218 e. The van der Waals surface area contributed by atoms with Crippen LogP contribution in [0.5, 0.6) is 0 Å². The second-order valence-corrected chi connectivity index (χ2v) is 8.60. The number of hydrogen-bond acceptors (Lipinski definition) is 4. The smallest absolute Gasteiger partial charge is 0.218 e. The summed E-state index contributed by atoms with van der Waals surface area (Å²) in [6, 6.07) is 9.45. The minimum absolute atomic E-state index is 0.113. The summed E-state index contributed by atoms with van der Waals surface area (Å²) in [7, 11) is -3.20. The van der Waals surface area contributed by atoms with Crippen molar-refractivity contribution in [3.8, 4) is 0 Å². The predicted octanol–water partition coefficient (Wildman–Crippen LogP) is 1.13. The molecule has 6 heteroatoms. The van der Waals surface area contributed by atoms with E-state index in [1.54, 1.807) is 4.31 Å². The van der Waals surface area contributed by atoms with Crippen molar-refractivity contribution >= 4 is 10.0 Å². The summed E-state index contributed by atoms with van der Waals surface area (Å²) < 4.78 is 26.8. The van der Waals surface area contributed by atoms with Gasteiger partial charge in [0, 0.05) is 32.7 Å². The number of benzene rings is 1. The molecule has 2 heterocycles. The Morgan fingerprint density at radius 3 is 2.30 bits per heavy atom. The van der Waals surface area contributed by atoms with Crippen molar-refractivity contribution in [2.45, 2.75) is 18.6 Å². The molecule has 0 amide bonds. The average molecular weight is 337 g/mol. The van der Waals surface area contributed by atoms with Crippen molar-refractivity contribution in [2.24, 2.45) is 5.92 Å². The fourth-order valence-electron chi connectivity index (χ4n) is 3.50. The molecule has 5 nitrogen and oxygen atoms in total. The first-order valence-corrected chi connectivity index (χ1v) is 10.2. The van der Waals surface area contributed by atoms with Crippen LogP contribution in [0.2, 0.25) is 0 Å². The minimum atomic E-state index is -3.20. The van der Waals surface area contributed by atoms with Gasteiger partial charge in [-0.05, 0) is 37.4 Å². The van der Waals surface area contributed by atoms with Gasteiger partial charge in [-0.1, -0.05) is 30.3 Å². The van der Waals surface area contributed by atoms with Crippen molar-refractivity contribution in [2.75, 3.05) is 45.8 Å². The van der Waals surface area contributed by atoms with Gasteiger partial charge < -0.3 is 10.2 Å². The van der Waals surface area contributed by atoms with Crippen molar-refractivity contribution in [3.63, 3.8) is 0 Å². The maximum atomic E-state index is 12.6. The maximum absolute atomic E-state index is 12.6. The van der Waals surface area contributed by atoms with Crippen LogP contribution < -0.4 is 5.32 Å². The molecule has 2 aliphatic rings. The molecule has 1 aromatic rings. The Morgan fingerprint density at radius 2 is 1.65 bits per heavy atom. The van der Waals surface area contributed by atoms with Gasteiger partial charge in [-0.25, -0.2) is 8.42 Å². The SMILES string of the molecule is O=S(=O)(Cc1ccccc1)N1CCN(CC2CCNCC2)CC1. The third-order valence-corrected chi connectivity index (χ3v) is 6.74. The van der Waals surface area contributed by atoms with Crippen molar-refractivity contribution < 1.29 is 8.42 Å². The molecule has 23 heavy (non-hydrogen) atoms. The first-order chi connectivity index (χ1) is 11.1. The number of nitrogens with zero attached hydrogens (tertiary/aromatic N) is 2. The fourth-order valence-corrected chi connectivity index (χ4v) is 5.01. The van der Waals surface area contributed by atoms with Crippen LogP contribution in [0.1, 0.15) is 18.4 Å². The highest BCUT2D eigenvalue weighted by Crippen LogP contribution is 2.17. The Bertz CT molecular complexity index is 577. The molecular formula is C17H27N3O2S. The van der Waals surface area contributed by atoms with E-state index in [-0.39, 0.29) is 5.75 Å². The molecule has 1 aromatic carbocycles.